The highest BCUT2D eigenvalue weighted by molar-refractivity contribution is 7.89. The van der Waals surface area contributed by atoms with E-state index in [4.69, 9.17) is 0 Å². The third-order valence-electron chi connectivity index (χ3n) is 3.64. The van der Waals surface area contributed by atoms with Gasteiger partial charge in [-0.05, 0) is 49.7 Å². The number of hydrogen-bond acceptors (Lipinski definition) is 4. The first-order valence-electron chi connectivity index (χ1n) is 7.35. The summed E-state index contributed by atoms with van der Waals surface area (Å²) < 4.78 is 27.6. The Morgan fingerprint density at radius 2 is 2.40 bits per heavy atom. The van der Waals surface area contributed by atoms with Gasteiger partial charge in [-0.3, -0.25) is 0 Å². The molecule has 20 heavy (non-hydrogen) atoms. The number of nitrogens with one attached hydrogen (secondary N) is 2. The molecule has 1 aliphatic rings. The molecule has 4 nitrogen and oxygen atoms in total. The quantitative estimate of drug-likeness (QED) is 0.812. The topological polar surface area (TPSA) is 58.2 Å². The average molecular weight is 316 g/mol. The van der Waals surface area contributed by atoms with Gasteiger partial charge in [0.15, 0.2) is 0 Å². The lowest BCUT2D eigenvalue weighted by Crippen LogP contribution is -2.38. The Morgan fingerprint density at radius 3 is 3.00 bits per heavy atom. The van der Waals surface area contributed by atoms with Crippen molar-refractivity contribution in [1.82, 2.24) is 10.0 Å². The first-order valence-corrected chi connectivity index (χ1v) is 9.88. The second-order valence-corrected chi connectivity index (χ2v) is 8.25. The van der Waals surface area contributed by atoms with Crippen molar-refractivity contribution in [3.05, 3.63) is 22.4 Å². The smallest absolute Gasteiger partial charge is 0.212 e. The van der Waals surface area contributed by atoms with Crippen LogP contribution in [-0.4, -0.2) is 27.3 Å². The van der Waals surface area contributed by atoms with E-state index < -0.39 is 10.0 Å². The number of rotatable bonds is 7. The van der Waals surface area contributed by atoms with E-state index in [-0.39, 0.29) is 17.7 Å². The molecule has 0 bridgehead atoms. The fraction of sp³-hybridized carbons (Fsp3) is 0.714. The maximum absolute atomic E-state index is 12.3. The van der Waals surface area contributed by atoms with E-state index in [9.17, 15) is 8.42 Å². The number of thiophene rings is 1. The average Bonchev–Trinajstić information content (AvgIpc) is 2.92. The summed E-state index contributed by atoms with van der Waals surface area (Å²) in [7, 11) is -3.21. The van der Waals surface area contributed by atoms with Crippen molar-refractivity contribution in [2.45, 2.75) is 38.6 Å². The van der Waals surface area contributed by atoms with Crippen LogP contribution in [0.2, 0.25) is 0 Å². The summed E-state index contributed by atoms with van der Waals surface area (Å²) in [5.74, 6) is 0.484. The van der Waals surface area contributed by atoms with Gasteiger partial charge in [-0.15, -0.1) is 11.3 Å². The van der Waals surface area contributed by atoms with Gasteiger partial charge in [0.05, 0.1) is 11.8 Å². The summed E-state index contributed by atoms with van der Waals surface area (Å²) in [6.07, 6.45) is 3.90. The minimum absolute atomic E-state index is 0.0680. The van der Waals surface area contributed by atoms with E-state index in [1.54, 1.807) is 11.3 Å². The SMILES string of the molecule is CCCC(NS(=O)(=O)CC1CCCNC1)c1cccs1. The molecule has 2 heterocycles. The van der Waals surface area contributed by atoms with Crippen molar-refractivity contribution < 1.29 is 8.42 Å². The minimum Gasteiger partial charge on any atom is -0.316 e. The first kappa shape index (κ1) is 15.9. The van der Waals surface area contributed by atoms with Crippen LogP contribution in [0.1, 0.15) is 43.5 Å². The lowest BCUT2D eigenvalue weighted by Gasteiger charge is -2.24. The molecule has 1 aromatic heterocycles. The van der Waals surface area contributed by atoms with Gasteiger partial charge in [0.1, 0.15) is 0 Å². The molecule has 2 unspecified atom stereocenters. The van der Waals surface area contributed by atoms with E-state index in [1.165, 1.54) is 0 Å². The summed E-state index contributed by atoms with van der Waals surface area (Å²) in [4.78, 5) is 1.11. The molecular formula is C14H24N2O2S2. The zero-order valence-corrected chi connectivity index (χ0v) is 13.6. The molecule has 2 atom stereocenters. The largest absolute Gasteiger partial charge is 0.316 e. The van der Waals surface area contributed by atoms with Crippen LogP contribution in [0.5, 0.6) is 0 Å². The van der Waals surface area contributed by atoms with Gasteiger partial charge in [-0.25, -0.2) is 13.1 Å². The third kappa shape index (κ3) is 4.84. The van der Waals surface area contributed by atoms with E-state index >= 15 is 0 Å². The van der Waals surface area contributed by atoms with Crippen molar-refractivity contribution in [2.75, 3.05) is 18.8 Å². The van der Waals surface area contributed by atoms with Crippen LogP contribution in [0.3, 0.4) is 0 Å². The summed E-state index contributed by atoms with van der Waals surface area (Å²) in [6, 6.07) is 3.92. The van der Waals surface area contributed by atoms with Crippen LogP contribution in [0, 0.1) is 5.92 Å². The van der Waals surface area contributed by atoms with Crippen LogP contribution >= 0.6 is 11.3 Å². The fourth-order valence-electron chi connectivity index (χ4n) is 2.68. The second-order valence-electron chi connectivity index (χ2n) is 5.47. The third-order valence-corrected chi connectivity index (χ3v) is 6.18. The molecule has 1 saturated heterocycles. The Bertz CT molecular complexity index is 479. The van der Waals surface area contributed by atoms with Crippen molar-refractivity contribution in [3.8, 4) is 0 Å². The molecule has 0 radical (unpaired) electrons. The Kier molecular flexibility index (Phi) is 6.01. The van der Waals surface area contributed by atoms with Gasteiger partial charge in [0.25, 0.3) is 0 Å². The maximum atomic E-state index is 12.3. The number of sulfonamides is 1. The van der Waals surface area contributed by atoms with Gasteiger partial charge in [0, 0.05) is 4.88 Å². The summed E-state index contributed by atoms with van der Waals surface area (Å²) in [5.41, 5.74) is 0. The number of hydrogen-bond donors (Lipinski definition) is 2. The molecule has 2 N–H and O–H groups in total. The Hall–Kier alpha value is -0.430. The molecule has 0 saturated carbocycles. The predicted octanol–water partition coefficient (Wildman–Crippen LogP) is 2.51. The molecule has 0 aliphatic carbocycles. The normalized spacial score (nSPS) is 21.8. The van der Waals surface area contributed by atoms with Crippen molar-refractivity contribution in [1.29, 1.82) is 0 Å². The van der Waals surface area contributed by atoms with Crippen molar-refractivity contribution >= 4 is 21.4 Å². The highest BCUT2D eigenvalue weighted by Gasteiger charge is 2.24. The molecule has 2 rings (SSSR count). The minimum atomic E-state index is -3.21. The van der Waals surface area contributed by atoms with Gasteiger partial charge < -0.3 is 5.32 Å². The van der Waals surface area contributed by atoms with Gasteiger partial charge in [0.2, 0.25) is 10.0 Å². The summed E-state index contributed by atoms with van der Waals surface area (Å²) in [6.45, 7) is 3.91. The molecule has 1 aromatic rings. The van der Waals surface area contributed by atoms with Crippen molar-refractivity contribution in [3.63, 3.8) is 0 Å². The van der Waals surface area contributed by atoms with E-state index in [1.807, 2.05) is 17.5 Å². The number of piperidine rings is 1. The van der Waals surface area contributed by atoms with Crippen LogP contribution in [0.15, 0.2) is 17.5 Å². The lowest BCUT2D eigenvalue weighted by molar-refractivity contribution is 0.401. The molecule has 6 heteroatoms. The maximum Gasteiger partial charge on any atom is 0.212 e. The van der Waals surface area contributed by atoms with Crippen LogP contribution in [0.4, 0.5) is 0 Å². The summed E-state index contributed by atoms with van der Waals surface area (Å²) >= 11 is 1.62. The van der Waals surface area contributed by atoms with E-state index in [2.05, 4.69) is 17.0 Å². The molecule has 0 aromatic carbocycles. The highest BCUT2D eigenvalue weighted by atomic mass is 32.2. The van der Waals surface area contributed by atoms with Gasteiger partial charge in [-0.2, -0.15) is 0 Å². The van der Waals surface area contributed by atoms with Gasteiger partial charge in [-0.1, -0.05) is 19.4 Å². The van der Waals surface area contributed by atoms with E-state index in [0.29, 0.717) is 0 Å². The fourth-order valence-corrected chi connectivity index (χ4v) is 5.25. The molecule has 1 fully saturated rings. The molecule has 0 spiro atoms. The van der Waals surface area contributed by atoms with Crippen LogP contribution in [-0.2, 0) is 10.0 Å². The van der Waals surface area contributed by atoms with E-state index in [0.717, 1.165) is 43.6 Å². The molecule has 1 aliphatic heterocycles. The zero-order valence-electron chi connectivity index (χ0n) is 12.0. The Labute approximate surface area is 126 Å². The van der Waals surface area contributed by atoms with Crippen molar-refractivity contribution in [2.24, 2.45) is 5.92 Å². The van der Waals surface area contributed by atoms with Crippen LogP contribution in [0.25, 0.3) is 0 Å². The zero-order chi connectivity index (χ0) is 14.4. The predicted molar refractivity (Wildman–Crippen MR) is 84.5 cm³/mol. The highest BCUT2D eigenvalue weighted by Crippen LogP contribution is 2.24. The standard InChI is InChI=1S/C14H24N2O2S2/c1-2-5-13(14-7-4-9-19-14)16-20(17,18)11-12-6-3-8-15-10-12/h4,7,9,12-13,15-16H,2-3,5-6,8,10-11H2,1H3. The molecule has 0 amide bonds. The lowest BCUT2D eigenvalue weighted by atomic mass is 10.0. The summed E-state index contributed by atoms with van der Waals surface area (Å²) in [5, 5.41) is 5.27. The molecule has 114 valence electrons. The van der Waals surface area contributed by atoms with Gasteiger partial charge >= 0.3 is 0 Å². The second kappa shape index (κ2) is 7.54. The molecular weight excluding hydrogens is 292 g/mol. The Morgan fingerprint density at radius 1 is 1.55 bits per heavy atom. The first-order chi connectivity index (χ1) is 9.61. The Balaban J connectivity index is 1.97. The van der Waals surface area contributed by atoms with Crippen LogP contribution < -0.4 is 10.0 Å². The monoisotopic (exact) mass is 316 g/mol.